The predicted octanol–water partition coefficient (Wildman–Crippen LogP) is -2.02. The lowest BCUT2D eigenvalue weighted by Gasteiger charge is -2.27. The summed E-state index contributed by atoms with van der Waals surface area (Å²) in [5.74, 6) is -8.00. The Morgan fingerprint density at radius 1 is 0.671 bits per heavy atom. The summed E-state index contributed by atoms with van der Waals surface area (Å²) >= 11 is 0. The van der Waals surface area contributed by atoms with Crippen molar-refractivity contribution in [3.63, 3.8) is 0 Å². The predicted molar refractivity (Wildman–Crippen MR) is 313 cm³/mol. The van der Waals surface area contributed by atoms with Crippen molar-refractivity contribution in [1.29, 1.82) is 0 Å². The molecule has 0 bridgehead atoms. The maximum atomic E-state index is 14.9. The molecule has 20 N–H and O–H groups in total. The van der Waals surface area contributed by atoms with Crippen LogP contribution in [0.5, 0.6) is 0 Å². The van der Waals surface area contributed by atoms with Crippen LogP contribution in [0.1, 0.15) is 56.4 Å². The summed E-state index contributed by atoms with van der Waals surface area (Å²) in [5.41, 5.74) is 30.4. The maximum absolute atomic E-state index is 14.9. The number of carbonyl (C=O) groups excluding carboxylic acids is 9. The lowest BCUT2D eigenvalue weighted by molar-refractivity contribution is -0.135. The number of nitrogens with zero attached hydrogens (tertiary/aromatic N) is 3. The molecular formula is C53H70N18O9S2. The first-order valence-corrected chi connectivity index (χ1v) is 28.8. The molecule has 29 heteroatoms. The number of para-hydroxylation sites is 1. The van der Waals surface area contributed by atoms with Crippen LogP contribution >= 0.6 is 21.6 Å². The Hall–Kier alpha value is -8.86. The van der Waals surface area contributed by atoms with Gasteiger partial charge < -0.3 is 81.2 Å². The fourth-order valence-corrected chi connectivity index (χ4v) is 11.1. The van der Waals surface area contributed by atoms with Crippen LogP contribution in [0, 0.1) is 0 Å². The number of guanidine groups is 2. The Kier molecular flexibility index (Phi) is 23.3. The molecule has 0 aliphatic carbocycles. The number of hydrogen-bond donors (Lipinski definition) is 15. The van der Waals surface area contributed by atoms with E-state index in [2.05, 4.69) is 67.5 Å². The molecule has 0 spiro atoms. The average molecular weight is 1170 g/mol. The quantitative estimate of drug-likeness (QED) is 0.0195. The first-order chi connectivity index (χ1) is 39.2. The van der Waals surface area contributed by atoms with E-state index in [0.717, 1.165) is 43.3 Å². The van der Waals surface area contributed by atoms with E-state index in [1.54, 1.807) is 18.3 Å². The molecule has 6 rings (SSSR count). The van der Waals surface area contributed by atoms with Crippen LogP contribution in [0.4, 0.5) is 0 Å². The molecule has 5 aromatic rings. The van der Waals surface area contributed by atoms with Gasteiger partial charge in [0.25, 0.3) is 0 Å². The summed E-state index contributed by atoms with van der Waals surface area (Å²) in [4.78, 5) is 145. The summed E-state index contributed by atoms with van der Waals surface area (Å²) in [5, 5.41) is 24.1. The molecule has 27 nitrogen and oxygen atoms in total. The van der Waals surface area contributed by atoms with Crippen molar-refractivity contribution in [3.8, 4) is 0 Å². The van der Waals surface area contributed by atoms with Crippen molar-refractivity contribution in [2.75, 3.05) is 24.6 Å². The molecule has 0 unspecified atom stereocenters. The van der Waals surface area contributed by atoms with E-state index in [4.69, 9.17) is 28.7 Å². The van der Waals surface area contributed by atoms with Gasteiger partial charge in [-0.2, -0.15) is 0 Å². The SMILES string of the molecule is CC(=O)N[C@@H](CCCN=C(N)N)C(=O)N[C@@H]1CSSC[C@H](C(N)=O)NC(=O)[C@H](Cc2c[nH]c3ccccc23)NC(=O)[C@H](CCCN=C(N)N)NC(=O)[C@@H](Cc2ccc3ccccc3c2)NC(=O)[C@H](Cc2cnc[nH]2)NC(=O)[C@@H](C)NC1=O. The number of aliphatic imine (C=N–C) groups is 2. The summed E-state index contributed by atoms with van der Waals surface area (Å²) in [6.45, 7) is 2.74. The van der Waals surface area contributed by atoms with Gasteiger partial charge in [-0.3, -0.25) is 53.1 Å². The lowest BCUT2D eigenvalue weighted by atomic mass is 9.99. The van der Waals surface area contributed by atoms with Crippen LogP contribution < -0.4 is 71.2 Å². The van der Waals surface area contributed by atoms with Crippen molar-refractivity contribution < 1.29 is 43.2 Å². The standard InChI is InChI=1S/C53H70N18O9S2/c1-28-45(74)67-41(22-34-24-59-27-63-34)50(79)68-39(20-30-15-16-31-9-3-4-10-32(31)19-30)48(77)66-38(14-8-18-61-53(57)58)47(76)69-40(21-33-23-62-36-12-6-5-11-35(33)36)49(78)70-42(44(54)73)25-81-82-26-43(51(80)64-28)71-46(75)37(65-29(2)72)13-7-17-60-52(55)56/h3-6,9-12,15-16,19,23-24,27-28,37-43,62H,7-8,13-14,17-18,20-22,25-26H2,1-2H3,(H2,54,73)(H,59,63)(H,64,80)(H,65,72)(H,66,77)(H,67,74)(H,68,79)(H,69,76)(H,70,78)(H,71,75)(H4,55,56,60)(H4,57,58,61)/t28-,37+,38+,39-,40+,41+,42-,43-/m1/s1. The Morgan fingerprint density at radius 2 is 1.28 bits per heavy atom. The van der Waals surface area contributed by atoms with Gasteiger partial charge in [0, 0.05) is 79.8 Å². The highest BCUT2D eigenvalue weighted by molar-refractivity contribution is 8.76. The summed E-state index contributed by atoms with van der Waals surface area (Å²) in [6, 6.07) is 9.38. The van der Waals surface area contributed by atoms with Gasteiger partial charge in [-0.1, -0.05) is 82.3 Å². The van der Waals surface area contributed by atoms with Crippen LogP contribution in [0.3, 0.4) is 0 Å². The van der Waals surface area contributed by atoms with E-state index in [1.165, 1.54) is 26.4 Å². The van der Waals surface area contributed by atoms with Gasteiger partial charge in [0.2, 0.25) is 53.2 Å². The number of aromatic amines is 2. The molecule has 1 aliphatic rings. The Bertz CT molecular complexity index is 3130. The second-order valence-electron chi connectivity index (χ2n) is 19.4. The number of nitrogens with one attached hydrogen (secondary N) is 10. The second-order valence-corrected chi connectivity index (χ2v) is 22.0. The summed E-state index contributed by atoms with van der Waals surface area (Å²) in [6.07, 6.45) is 4.48. The van der Waals surface area contributed by atoms with Crippen LogP contribution in [0.25, 0.3) is 21.7 Å². The third kappa shape index (κ3) is 19.2. The fourth-order valence-electron chi connectivity index (χ4n) is 8.80. The van der Waals surface area contributed by atoms with Crippen LogP contribution in [0.2, 0.25) is 0 Å². The molecule has 0 saturated carbocycles. The number of amides is 9. The Labute approximate surface area is 479 Å². The number of rotatable bonds is 18. The first kappa shape index (κ1) is 62.3. The molecule has 2 aromatic heterocycles. The first-order valence-electron chi connectivity index (χ1n) is 26.3. The molecule has 1 aliphatic heterocycles. The third-order valence-electron chi connectivity index (χ3n) is 13.0. The van der Waals surface area contributed by atoms with E-state index < -0.39 is 101 Å². The molecule has 1 fully saturated rings. The number of aromatic nitrogens is 3. The molecule has 9 amide bonds. The zero-order valence-electron chi connectivity index (χ0n) is 45.2. The number of imidazole rings is 1. The Morgan fingerprint density at radius 3 is 1.96 bits per heavy atom. The minimum absolute atomic E-state index is 0.0504. The molecular weight excluding hydrogens is 1100 g/mol. The highest BCUT2D eigenvalue weighted by Gasteiger charge is 2.35. The van der Waals surface area contributed by atoms with Crippen molar-refractivity contribution >= 4 is 108 Å². The number of H-pyrrole nitrogens is 2. The van der Waals surface area contributed by atoms with Crippen molar-refractivity contribution in [3.05, 3.63) is 102 Å². The van der Waals surface area contributed by atoms with Gasteiger partial charge in [0.1, 0.15) is 48.3 Å². The molecule has 82 heavy (non-hydrogen) atoms. The number of carbonyl (C=O) groups is 9. The zero-order chi connectivity index (χ0) is 59.3. The van der Waals surface area contributed by atoms with Crippen LogP contribution in [-0.4, -0.2) is 153 Å². The van der Waals surface area contributed by atoms with Crippen molar-refractivity contribution in [1.82, 2.24) is 57.5 Å². The van der Waals surface area contributed by atoms with Crippen molar-refractivity contribution in [2.45, 2.75) is 107 Å². The van der Waals surface area contributed by atoms with Gasteiger partial charge >= 0.3 is 0 Å². The zero-order valence-corrected chi connectivity index (χ0v) is 46.8. The maximum Gasteiger partial charge on any atom is 0.244 e. The van der Waals surface area contributed by atoms with Gasteiger partial charge in [0.05, 0.1) is 6.33 Å². The molecule has 3 heterocycles. The molecule has 3 aromatic carbocycles. The van der Waals surface area contributed by atoms with Gasteiger partial charge in [-0.25, -0.2) is 4.98 Å². The molecule has 0 radical (unpaired) electrons. The minimum Gasteiger partial charge on any atom is -0.370 e. The summed E-state index contributed by atoms with van der Waals surface area (Å²) in [7, 11) is 2.02. The highest BCUT2D eigenvalue weighted by atomic mass is 33.1. The monoisotopic (exact) mass is 1170 g/mol. The second kappa shape index (κ2) is 30.7. The largest absolute Gasteiger partial charge is 0.370 e. The van der Waals surface area contributed by atoms with E-state index in [-0.39, 0.29) is 81.5 Å². The summed E-state index contributed by atoms with van der Waals surface area (Å²) < 4.78 is 0. The molecule has 8 atom stereocenters. The normalized spacial score (nSPS) is 21.3. The Balaban J connectivity index is 1.39. The molecule has 438 valence electrons. The van der Waals surface area contributed by atoms with Crippen molar-refractivity contribution in [2.24, 2.45) is 38.7 Å². The number of hydrogen-bond acceptors (Lipinski definition) is 14. The van der Waals surface area contributed by atoms with Gasteiger partial charge in [-0.15, -0.1) is 0 Å². The van der Waals surface area contributed by atoms with Crippen LogP contribution in [0.15, 0.2) is 95.4 Å². The van der Waals surface area contributed by atoms with E-state index >= 15 is 0 Å². The van der Waals surface area contributed by atoms with Crippen LogP contribution in [-0.2, 0) is 62.4 Å². The number of fused-ring (bicyclic) bond motifs is 2. The topological polar surface area (TPSA) is 449 Å². The fraction of sp³-hybridized carbons (Fsp3) is 0.396. The number of nitrogens with two attached hydrogens (primary N) is 5. The van der Waals surface area contributed by atoms with E-state index in [1.807, 2.05) is 54.6 Å². The van der Waals surface area contributed by atoms with E-state index in [9.17, 15) is 43.2 Å². The lowest BCUT2D eigenvalue weighted by Crippen LogP contribution is -2.61. The number of benzene rings is 3. The van der Waals surface area contributed by atoms with Gasteiger partial charge in [0.15, 0.2) is 11.9 Å². The smallest absolute Gasteiger partial charge is 0.244 e. The van der Waals surface area contributed by atoms with E-state index in [0.29, 0.717) is 16.8 Å². The molecule has 1 saturated heterocycles. The van der Waals surface area contributed by atoms with Gasteiger partial charge in [-0.05, 0) is 60.6 Å². The highest BCUT2D eigenvalue weighted by Crippen LogP contribution is 2.25. The average Bonchev–Trinajstić information content (AvgIpc) is 4.14. The number of primary amides is 1. The minimum atomic E-state index is -1.42. The third-order valence-corrected chi connectivity index (χ3v) is 15.5.